The maximum Gasteiger partial charge on any atom is 0.323 e. The molecule has 2 aliphatic rings. The summed E-state index contributed by atoms with van der Waals surface area (Å²) in [4.78, 5) is 11.4. The molecule has 1 aliphatic heterocycles. The molecular weight excluding hydrogens is 219 g/mol. The summed E-state index contributed by atoms with van der Waals surface area (Å²) < 4.78 is 0. The second kappa shape index (κ2) is 4.96. The van der Waals surface area contributed by atoms with Crippen molar-refractivity contribution in [2.45, 2.75) is 31.1 Å². The molecule has 6 heteroatoms. The Morgan fingerprint density at radius 3 is 2.94 bits per heavy atom. The summed E-state index contributed by atoms with van der Waals surface area (Å²) >= 11 is 0. The number of fused-ring (bicyclic) bond motifs is 1. The fourth-order valence-electron chi connectivity index (χ4n) is 3.61. The number of nitrogens with two attached hydrogens (primary N) is 1. The van der Waals surface area contributed by atoms with Crippen LogP contribution in [-0.4, -0.2) is 42.2 Å². The Hall–Kier alpha value is -0.585. The van der Waals surface area contributed by atoms with Gasteiger partial charge in [-0.25, -0.2) is 0 Å². The van der Waals surface area contributed by atoms with E-state index in [1.54, 1.807) is 0 Å². The summed E-state index contributed by atoms with van der Waals surface area (Å²) in [6.45, 7) is 1.79. The zero-order chi connectivity index (χ0) is 12.5. The summed E-state index contributed by atoms with van der Waals surface area (Å²) in [6, 6.07) is 0. The van der Waals surface area contributed by atoms with Gasteiger partial charge in [0, 0.05) is 0 Å². The molecular formula is C11H21BN2O3. The smallest absolute Gasteiger partial charge is 0.323 e. The number of carboxylic acids is 1. The Labute approximate surface area is 102 Å². The van der Waals surface area contributed by atoms with Gasteiger partial charge in [0.05, 0.1) is 0 Å². The largest absolute Gasteiger partial charge is 0.480 e. The Kier molecular flexibility index (Phi) is 3.75. The number of aliphatic carboxylic acids is 1. The van der Waals surface area contributed by atoms with Gasteiger partial charge in [0.2, 0.25) is 0 Å². The second-order valence-electron chi connectivity index (χ2n) is 5.46. The Bertz CT molecular complexity index is 302. The zero-order valence-corrected chi connectivity index (χ0v) is 10.1. The van der Waals surface area contributed by atoms with Crippen molar-refractivity contribution < 1.29 is 14.9 Å². The van der Waals surface area contributed by atoms with Crippen LogP contribution < -0.4 is 11.1 Å². The molecule has 1 saturated carbocycles. The van der Waals surface area contributed by atoms with E-state index in [0.717, 1.165) is 32.3 Å². The quantitative estimate of drug-likeness (QED) is 0.371. The molecule has 2 fully saturated rings. The highest BCUT2D eigenvalue weighted by molar-refractivity contribution is 6.25. The molecule has 96 valence electrons. The molecule has 0 spiro atoms. The number of rotatable bonds is 5. The lowest BCUT2D eigenvalue weighted by Crippen LogP contribution is -2.53. The van der Waals surface area contributed by atoms with E-state index in [9.17, 15) is 9.90 Å². The molecule has 1 saturated heterocycles. The first kappa shape index (κ1) is 12.9. The van der Waals surface area contributed by atoms with Crippen molar-refractivity contribution in [3.63, 3.8) is 0 Å². The van der Waals surface area contributed by atoms with Crippen LogP contribution in [0.4, 0.5) is 0 Å². The van der Waals surface area contributed by atoms with E-state index >= 15 is 0 Å². The van der Waals surface area contributed by atoms with Gasteiger partial charge in [0.25, 0.3) is 7.48 Å². The standard InChI is InChI=1S/C11H21BN2O3/c13-11(10(15)16)4-7-5-14-6-8(7)9(11)2-1-3-12-17/h7-9,12,14,17H,1-6,13H2,(H,15,16)/t7-,8+,9?,11?/m0/s1. The minimum atomic E-state index is -1.05. The lowest BCUT2D eigenvalue weighted by molar-refractivity contribution is -0.145. The van der Waals surface area contributed by atoms with Crippen LogP contribution >= 0.6 is 0 Å². The first-order valence-corrected chi connectivity index (χ1v) is 6.43. The molecule has 4 atom stereocenters. The number of hydrogen-bond acceptors (Lipinski definition) is 4. The fourth-order valence-corrected chi connectivity index (χ4v) is 3.61. The van der Waals surface area contributed by atoms with Crippen LogP contribution in [0.15, 0.2) is 0 Å². The van der Waals surface area contributed by atoms with Gasteiger partial charge in [-0.15, -0.1) is 0 Å². The number of hydrogen-bond donors (Lipinski definition) is 4. The molecule has 0 aromatic carbocycles. The molecule has 2 rings (SSSR count). The van der Waals surface area contributed by atoms with Crippen LogP contribution in [0.1, 0.15) is 19.3 Å². The van der Waals surface area contributed by atoms with Gasteiger partial charge in [-0.1, -0.05) is 12.7 Å². The highest BCUT2D eigenvalue weighted by Crippen LogP contribution is 2.47. The van der Waals surface area contributed by atoms with Gasteiger partial charge in [-0.2, -0.15) is 0 Å². The summed E-state index contributed by atoms with van der Waals surface area (Å²) in [6.07, 6.45) is 2.99. The van der Waals surface area contributed by atoms with Gasteiger partial charge in [-0.3, -0.25) is 4.79 Å². The molecule has 0 amide bonds. The number of nitrogens with one attached hydrogen (secondary N) is 1. The van der Waals surface area contributed by atoms with E-state index < -0.39 is 11.5 Å². The number of carbonyl (C=O) groups is 1. The average Bonchev–Trinajstić information content (AvgIpc) is 2.80. The van der Waals surface area contributed by atoms with E-state index in [2.05, 4.69) is 5.32 Å². The lowest BCUT2D eigenvalue weighted by atomic mass is 9.78. The number of carboxylic acid groups (broad SMARTS) is 1. The van der Waals surface area contributed by atoms with Crippen molar-refractivity contribution in [2.75, 3.05) is 13.1 Å². The Morgan fingerprint density at radius 2 is 2.29 bits per heavy atom. The van der Waals surface area contributed by atoms with Crippen molar-refractivity contribution in [1.29, 1.82) is 0 Å². The van der Waals surface area contributed by atoms with Crippen LogP contribution in [0.25, 0.3) is 0 Å². The predicted molar refractivity (Wildman–Crippen MR) is 65.9 cm³/mol. The van der Waals surface area contributed by atoms with Crippen molar-refractivity contribution in [3.05, 3.63) is 0 Å². The van der Waals surface area contributed by atoms with Crippen LogP contribution in [0, 0.1) is 17.8 Å². The molecule has 2 unspecified atom stereocenters. The van der Waals surface area contributed by atoms with Crippen LogP contribution in [0.2, 0.25) is 6.32 Å². The average molecular weight is 240 g/mol. The minimum Gasteiger partial charge on any atom is -0.480 e. The highest BCUT2D eigenvalue weighted by atomic mass is 16.4. The van der Waals surface area contributed by atoms with E-state index in [4.69, 9.17) is 10.8 Å². The van der Waals surface area contributed by atoms with Crippen molar-refractivity contribution in [3.8, 4) is 0 Å². The van der Waals surface area contributed by atoms with Crippen molar-refractivity contribution in [2.24, 2.45) is 23.5 Å². The zero-order valence-electron chi connectivity index (χ0n) is 10.1. The maximum absolute atomic E-state index is 11.4. The van der Waals surface area contributed by atoms with E-state index in [-0.39, 0.29) is 13.4 Å². The first-order chi connectivity index (χ1) is 8.09. The lowest BCUT2D eigenvalue weighted by Gasteiger charge is -2.30. The predicted octanol–water partition coefficient (Wildman–Crippen LogP) is -0.834. The third-order valence-corrected chi connectivity index (χ3v) is 4.49. The SMILES string of the molecule is NC1(C(=O)O)C[C@H]2CNC[C@H]2C1CCCBO. The monoisotopic (exact) mass is 240 g/mol. The van der Waals surface area contributed by atoms with Gasteiger partial charge in [0.15, 0.2) is 0 Å². The van der Waals surface area contributed by atoms with E-state index in [1.165, 1.54) is 0 Å². The summed E-state index contributed by atoms with van der Waals surface area (Å²) in [5, 5.41) is 21.5. The van der Waals surface area contributed by atoms with Crippen molar-refractivity contribution in [1.82, 2.24) is 5.32 Å². The Balaban J connectivity index is 2.08. The van der Waals surface area contributed by atoms with Gasteiger partial charge in [0.1, 0.15) is 5.54 Å². The fraction of sp³-hybridized carbons (Fsp3) is 0.909. The molecule has 0 aromatic heterocycles. The normalized spacial score (nSPS) is 40.2. The topological polar surface area (TPSA) is 95.6 Å². The summed E-state index contributed by atoms with van der Waals surface area (Å²) in [5.74, 6) is -0.00234. The minimum absolute atomic E-state index is 0.0477. The second-order valence-corrected chi connectivity index (χ2v) is 5.46. The van der Waals surface area contributed by atoms with E-state index in [0.29, 0.717) is 18.3 Å². The molecule has 5 nitrogen and oxygen atoms in total. The Morgan fingerprint density at radius 1 is 1.53 bits per heavy atom. The third kappa shape index (κ3) is 2.21. The van der Waals surface area contributed by atoms with Crippen LogP contribution in [0.3, 0.4) is 0 Å². The van der Waals surface area contributed by atoms with Gasteiger partial charge >= 0.3 is 5.97 Å². The van der Waals surface area contributed by atoms with E-state index in [1.807, 2.05) is 0 Å². The summed E-state index contributed by atoms with van der Waals surface area (Å²) in [5.41, 5.74) is 5.08. The van der Waals surface area contributed by atoms with Crippen LogP contribution in [0.5, 0.6) is 0 Å². The van der Waals surface area contributed by atoms with Gasteiger partial charge < -0.3 is 21.2 Å². The molecule has 5 N–H and O–H groups in total. The molecule has 1 aliphatic carbocycles. The third-order valence-electron chi connectivity index (χ3n) is 4.49. The van der Waals surface area contributed by atoms with Gasteiger partial charge in [-0.05, 0) is 43.7 Å². The van der Waals surface area contributed by atoms with Crippen LogP contribution in [-0.2, 0) is 4.79 Å². The highest BCUT2D eigenvalue weighted by Gasteiger charge is 2.56. The summed E-state index contributed by atoms with van der Waals surface area (Å²) in [7, 11) is 0.170. The van der Waals surface area contributed by atoms with Crippen molar-refractivity contribution >= 4 is 13.5 Å². The molecule has 0 bridgehead atoms. The molecule has 0 radical (unpaired) electrons. The molecule has 1 heterocycles. The molecule has 0 aromatic rings. The first-order valence-electron chi connectivity index (χ1n) is 6.43. The molecule has 17 heavy (non-hydrogen) atoms. The maximum atomic E-state index is 11.4.